The lowest BCUT2D eigenvalue weighted by molar-refractivity contribution is 0.447. The molecule has 0 fully saturated rings. The van der Waals surface area contributed by atoms with Gasteiger partial charge in [-0.15, -0.1) is 0 Å². The van der Waals surface area contributed by atoms with Gasteiger partial charge in [0.05, 0.1) is 0 Å². The molecular weight excluding hydrogens is 253 g/mol. The van der Waals surface area contributed by atoms with Crippen LogP contribution >= 0.6 is 0 Å². The third-order valence-electron chi connectivity index (χ3n) is 2.77. The SMILES string of the molecule is CCCn1ccc(CNc2cc(F)c(F)c(F)c2)c1. The summed E-state index contributed by atoms with van der Waals surface area (Å²) >= 11 is 0. The zero-order chi connectivity index (χ0) is 13.8. The molecule has 102 valence electrons. The van der Waals surface area contributed by atoms with Crippen LogP contribution in [0.5, 0.6) is 0 Å². The highest BCUT2D eigenvalue weighted by molar-refractivity contribution is 5.44. The van der Waals surface area contributed by atoms with Crippen molar-refractivity contribution < 1.29 is 13.2 Å². The first-order chi connectivity index (χ1) is 9.10. The highest BCUT2D eigenvalue weighted by atomic mass is 19.2. The molecule has 2 nitrogen and oxygen atoms in total. The molecule has 0 unspecified atom stereocenters. The van der Waals surface area contributed by atoms with Crippen LogP contribution in [0.15, 0.2) is 30.6 Å². The van der Waals surface area contributed by atoms with Crippen LogP contribution in [0.2, 0.25) is 0 Å². The van der Waals surface area contributed by atoms with E-state index in [1.165, 1.54) is 0 Å². The third-order valence-corrected chi connectivity index (χ3v) is 2.77. The number of halogens is 3. The summed E-state index contributed by atoms with van der Waals surface area (Å²) in [5.41, 5.74) is 1.22. The number of aromatic nitrogens is 1. The molecule has 0 aliphatic rings. The Hall–Kier alpha value is -1.91. The largest absolute Gasteiger partial charge is 0.381 e. The molecule has 5 heteroatoms. The Morgan fingerprint density at radius 1 is 1.16 bits per heavy atom. The highest BCUT2D eigenvalue weighted by Gasteiger charge is 2.10. The Kier molecular flexibility index (Phi) is 4.14. The van der Waals surface area contributed by atoms with Crippen LogP contribution in [0.1, 0.15) is 18.9 Å². The van der Waals surface area contributed by atoms with Gasteiger partial charge in [-0.2, -0.15) is 0 Å². The summed E-state index contributed by atoms with van der Waals surface area (Å²) in [4.78, 5) is 0. The van der Waals surface area contributed by atoms with E-state index in [0.29, 0.717) is 6.54 Å². The predicted octanol–water partition coefficient (Wildman–Crippen LogP) is 3.93. The fraction of sp³-hybridized carbons (Fsp3) is 0.286. The van der Waals surface area contributed by atoms with E-state index >= 15 is 0 Å². The smallest absolute Gasteiger partial charge is 0.194 e. The second-order valence-corrected chi connectivity index (χ2v) is 4.37. The van der Waals surface area contributed by atoms with Gasteiger partial charge in [-0.25, -0.2) is 13.2 Å². The molecule has 2 rings (SSSR count). The predicted molar refractivity (Wildman–Crippen MR) is 68.4 cm³/mol. The summed E-state index contributed by atoms with van der Waals surface area (Å²) in [6.45, 7) is 3.45. The number of benzene rings is 1. The van der Waals surface area contributed by atoms with Gasteiger partial charge in [0.25, 0.3) is 0 Å². The molecule has 0 atom stereocenters. The standard InChI is InChI=1S/C14H15F3N2/c1-2-4-19-5-3-10(9-19)8-18-11-6-12(15)14(17)13(16)7-11/h3,5-7,9,18H,2,4,8H2,1H3. The van der Waals surface area contributed by atoms with Gasteiger partial charge in [0, 0.05) is 43.3 Å². The van der Waals surface area contributed by atoms with Crippen LogP contribution in [0.3, 0.4) is 0 Å². The van der Waals surface area contributed by atoms with Crippen molar-refractivity contribution in [2.24, 2.45) is 0 Å². The molecule has 0 amide bonds. The summed E-state index contributed by atoms with van der Waals surface area (Å²) in [6.07, 6.45) is 4.95. The van der Waals surface area contributed by atoms with Gasteiger partial charge in [0.2, 0.25) is 0 Å². The van der Waals surface area contributed by atoms with E-state index in [2.05, 4.69) is 12.2 Å². The number of nitrogens with one attached hydrogen (secondary N) is 1. The summed E-state index contributed by atoms with van der Waals surface area (Å²) in [5, 5.41) is 2.87. The molecule has 0 aliphatic heterocycles. The molecule has 0 saturated heterocycles. The third kappa shape index (κ3) is 3.30. The summed E-state index contributed by atoms with van der Waals surface area (Å²) in [7, 11) is 0. The highest BCUT2D eigenvalue weighted by Crippen LogP contribution is 2.18. The first-order valence-electron chi connectivity index (χ1n) is 6.13. The summed E-state index contributed by atoms with van der Waals surface area (Å²) in [6, 6.07) is 3.82. The van der Waals surface area contributed by atoms with Crippen molar-refractivity contribution in [2.75, 3.05) is 5.32 Å². The van der Waals surface area contributed by atoms with E-state index in [4.69, 9.17) is 0 Å². The lowest BCUT2D eigenvalue weighted by atomic mass is 10.2. The minimum Gasteiger partial charge on any atom is -0.381 e. The topological polar surface area (TPSA) is 17.0 Å². The molecule has 2 aromatic rings. The molecular formula is C14H15F3N2. The van der Waals surface area contributed by atoms with E-state index in [9.17, 15) is 13.2 Å². The number of rotatable bonds is 5. The van der Waals surface area contributed by atoms with E-state index < -0.39 is 17.5 Å². The Morgan fingerprint density at radius 2 is 1.84 bits per heavy atom. The number of nitrogens with zero attached hydrogens (tertiary/aromatic N) is 1. The van der Waals surface area contributed by atoms with Crippen molar-refractivity contribution >= 4 is 5.69 Å². The van der Waals surface area contributed by atoms with Crippen molar-refractivity contribution in [1.29, 1.82) is 0 Å². The molecule has 0 radical (unpaired) electrons. The molecule has 0 spiro atoms. The Labute approximate surface area is 109 Å². The van der Waals surface area contributed by atoms with Gasteiger partial charge in [-0.05, 0) is 18.1 Å². The van der Waals surface area contributed by atoms with Gasteiger partial charge in [0.15, 0.2) is 17.5 Å². The van der Waals surface area contributed by atoms with E-state index in [1.807, 2.05) is 23.0 Å². The van der Waals surface area contributed by atoms with Crippen molar-refractivity contribution in [1.82, 2.24) is 4.57 Å². The molecule has 19 heavy (non-hydrogen) atoms. The maximum absolute atomic E-state index is 13.0. The summed E-state index contributed by atoms with van der Waals surface area (Å²) in [5.74, 6) is -3.82. The van der Waals surface area contributed by atoms with Crippen molar-refractivity contribution in [2.45, 2.75) is 26.4 Å². The van der Waals surface area contributed by atoms with Crippen LogP contribution in [0.25, 0.3) is 0 Å². The molecule has 1 aromatic carbocycles. The van der Waals surface area contributed by atoms with Crippen molar-refractivity contribution in [3.05, 3.63) is 53.6 Å². The van der Waals surface area contributed by atoms with Gasteiger partial charge >= 0.3 is 0 Å². The van der Waals surface area contributed by atoms with Gasteiger partial charge in [-0.3, -0.25) is 0 Å². The zero-order valence-corrected chi connectivity index (χ0v) is 10.6. The first kappa shape index (κ1) is 13.5. The normalized spacial score (nSPS) is 10.7. The monoisotopic (exact) mass is 268 g/mol. The van der Waals surface area contributed by atoms with Crippen LogP contribution in [-0.4, -0.2) is 4.57 Å². The molecule has 1 N–H and O–H groups in total. The van der Waals surface area contributed by atoms with Gasteiger partial charge < -0.3 is 9.88 Å². The molecule has 0 bridgehead atoms. The fourth-order valence-corrected chi connectivity index (χ4v) is 1.85. The Balaban J connectivity index is 2.01. The van der Waals surface area contributed by atoms with Crippen LogP contribution < -0.4 is 5.32 Å². The van der Waals surface area contributed by atoms with Gasteiger partial charge in [0.1, 0.15) is 0 Å². The minimum atomic E-state index is -1.44. The molecule has 0 aliphatic carbocycles. The van der Waals surface area contributed by atoms with E-state index in [1.54, 1.807) is 0 Å². The number of aryl methyl sites for hydroxylation is 1. The summed E-state index contributed by atoms with van der Waals surface area (Å²) < 4.78 is 40.8. The zero-order valence-electron chi connectivity index (χ0n) is 10.6. The maximum Gasteiger partial charge on any atom is 0.194 e. The number of hydrogen-bond acceptors (Lipinski definition) is 1. The van der Waals surface area contributed by atoms with Crippen LogP contribution in [0, 0.1) is 17.5 Å². The van der Waals surface area contributed by atoms with E-state index in [0.717, 1.165) is 30.7 Å². The maximum atomic E-state index is 13.0. The first-order valence-corrected chi connectivity index (χ1v) is 6.13. The second-order valence-electron chi connectivity index (χ2n) is 4.37. The van der Waals surface area contributed by atoms with E-state index in [-0.39, 0.29) is 5.69 Å². The Morgan fingerprint density at radius 3 is 2.47 bits per heavy atom. The minimum absolute atomic E-state index is 0.222. The lowest BCUT2D eigenvalue weighted by Gasteiger charge is -2.06. The second kappa shape index (κ2) is 5.82. The Bertz CT molecular complexity index is 541. The number of hydrogen-bond donors (Lipinski definition) is 1. The van der Waals surface area contributed by atoms with Crippen molar-refractivity contribution in [3.63, 3.8) is 0 Å². The lowest BCUT2D eigenvalue weighted by Crippen LogP contribution is -2.01. The van der Waals surface area contributed by atoms with Gasteiger partial charge in [-0.1, -0.05) is 6.92 Å². The molecule has 0 saturated carbocycles. The number of anilines is 1. The van der Waals surface area contributed by atoms with Crippen LogP contribution in [0.4, 0.5) is 18.9 Å². The molecule has 1 heterocycles. The van der Waals surface area contributed by atoms with Crippen LogP contribution in [-0.2, 0) is 13.1 Å². The van der Waals surface area contributed by atoms with Crippen molar-refractivity contribution in [3.8, 4) is 0 Å². The quantitative estimate of drug-likeness (QED) is 0.813. The molecule has 1 aromatic heterocycles. The fourth-order valence-electron chi connectivity index (χ4n) is 1.85. The average molecular weight is 268 g/mol. The average Bonchev–Trinajstić information content (AvgIpc) is 2.81.